The summed E-state index contributed by atoms with van der Waals surface area (Å²) in [6, 6.07) is 16.3. The number of hydrogen-bond acceptors (Lipinski definition) is 5. The molecule has 4 rings (SSSR count). The minimum absolute atomic E-state index is 0.0469. The van der Waals surface area contributed by atoms with Gasteiger partial charge >= 0.3 is 0 Å². The Morgan fingerprint density at radius 1 is 0.905 bits per heavy atom. The van der Waals surface area contributed by atoms with Crippen LogP contribution in [-0.4, -0.2) is 37.4 Å². The first-order valence-corrected chi connectivity index (χ1v) is 14.7. The van der Waals surface area contributed by atoms with Crippen LogP contribution in [-0.2, 0) is 22.4 Å². The second-order valence-electron chi connectivity index (χ2n) is 10.2. The van der Waals surface area contributed by atoms with Crippen LogP contribution in [0.25, 0.3) is 0 Å². The third kappa shape index (κ3) is 7.52. The molecule has 3 aromatic carbocycles. The van der Waals surface area contributed by atoms with Gasteiger partial charge < -0.3 is 20.1 Å². The van der Waals surface area contributed by atoms with E-state index in [2.05, 4.69) is 30.2 Å². The minimum Gasteiger partial charge on any atom is -0.484 e. The number of allylic oxidation sites excluding steroid dienone is 1. The summed E-state index contributed by atoms with van der Waals surface area (Å²) in [5.74, 6) is -0.0489. The van der Waals surface area contributed by atoms with Crippen molar-refractivity contribution in [2.24, 2.45) is 0 Å². The van der Waals surface area contributed by atoms with Crippen LogP contribution in [0.2, 0.25) is 10.0 Å². The van der Waals surface area contributed by atoms with Gasteiger partial charge in [-0.3, -0.25) is 14.4 Å². The van der Waals surface area contributed by atoms with E-state index >= 15 is 0 Å². The van der Waals surface area contributed by atoms with Crippen LogP contribution in [0.1, 0.15) is 65.3 Å². The number of aryl methyl sites for hydroxylation is 2. The second kappa shape index (κ2) is 14.4. The van der Waals surface area contributed by atoms with E-state index in [1.807, 2.05) is 36.4 Å². The number of halogens is 2. The number of fused-ring (bicyclic) bond motifs is 2. The predicted molar refractivity (Wildman–Crippen MR) is 165 cm³/mol. The monoisotopic (exact) mass is 608 g/mol. The normalized spacial score (nSPS) is 13.7. The Hall–Kier alpha value is -3.81. The van der Waals surface area contributed by atoms with Crippen LogP contribution in [0.15, 0.2) is 66.7 Å². The molecule has 1 aliphatic carbocycles. The molecule has 0 aromatic heterocycles. The highest BCUT2D eigenvalue weighted by molar-refractivity contribution is 6.45. The summed E-state index contributed by atoms with van der Waals surface area (Å²) in [6.45, 7) is 7.57. The first-order valence-electron chi connectivity index (χ1n) is 13.9. The Labute approximate surface area is 256 Å². The van der Waals surface area contributed by atoms with Crippen molar-refractivity contribution in [1.82, 2.24) is 10.6 Å². The van der Waals surface area contributed by atoms with Gasteiger partial charge in [-0.2, -0.15) is 0 Å². The fourth-order valence-corrected chi connectivity index (χ4v) is 5.27. The zero-order valence-corrected chi connectivity index (χ0v) is 25.2. The highest BCUT2D eigenvalue weighted by atomic mass is 35.5. The van der Waals surface area contributed by atoms with Crippen molar-refractivity contribution in [2.45, 2.75) is 45.6 Å². The molecule has 0 fully saturated rings. The molecule has 42 heavy (non-hydrogen) atoms. The highest BCUT2D eigenvalue weighted by Crippen LogP contribution is 2.36. The lowest BCUT2D eigenvalue weighted by Gasteiger charge is -2.22. The molecule has 0 spiro atoms. The van der Waals surface area contributed by atoms with Crippen LogP contribution in [0.3, 0.4) is 0 Å². The van der Waals surface area contributed by atoms with Gasteiger partial charge in [0.1, 0.15) is 16.5 Å². The maximum absolute atomic E-state index is 13.2. The van der Waals surface area contributed by atoms with E-state index in [-0.39, 0.29) is 52.2 Å². The van der Waals surface area contributed by atoms with Gasteiger partial charge in [0.25, 0.3) is 11.8 Å². The number of unbranched alkanes of at least 4 members (excludes halogenated alkanes) is 1. The fourth-order valence-electron chi connectivity index (χ4n) is 4.80. The molecule has 0 aliphatic heterocycles. The summed E-state index contributed by atoms with van der Waals surface area (Å²) in [5.41, 5.74) is 4.64. The lowest BCUT2D eigenvalue weighted by molar-refractivity contribution is -0.124. The number of ketones is 1. The van der Waals surface area contributed by atoms with Crippen molar-refractivity contribution in [3.63, 3.8) is 0 Å². The molecule has 220 valence electrons. The Morgan fingerprint density at radius 2 is 1.62 bits per heavy atom. The number of rotatable bonds is 12. The van der Waals surface area contributed by atoms with Crippen molar-refractivity contribution in [2.75, 3.05) is 19.8 Å². The van der Waals surface area contributed by atoms with Crippen LogP contribution < -0.4 is 20.1 Å². The molecule has 7 nitrogen and oxygen atoms in total. The minimum atomic E-state index is -0.421. The number of carbonyl (C=O) groups excluding carboxylic acids is 3. The molecule has 1 atom stereocenters. The molecule has 0 radical (unpaired) electrons. The smallest absolute Gasteiger partial charge is 0.258 e. The summed E-state index contributed by atoms with van der Waals surface area (Å²) >= 11 is 12.7. The Morgan fingerprint density at radius 3 is 2.38 bits per heavy atom. The third-order valence-corrected chi connectivity index (χ3v) is 7.89. The molecule has 3 aromatic rings. The fraction of sp³-hybridized carbons (Fsp3) is 0.303. The molecule has 2 amide bonds. The number of carbonyl (C=O) groups is 3. The second-order valence-corrected chi connectivity index (χ2v) is 10.9. The first-order chi connectivity index (χ1) is 20.2. The Balaban J connectivity index is 1.49. The summed E-state index contributed by atoms with van der Waals surface area (Å²) in [6.07, 6.45) is 3.47. The van der Waals surface area contributed by atoms with Crippen LogP contribution >= 0.6 is 23.2 Å². The van der Waals surface area contributed by atoms with Gasteiger partial charge in [0, 0.05) is 12.1 Å². The summed E-state index contributed by atoms with van der Waals surface area (Å²) in [5, 5.41) is 6.06. The van der Waals surface area contributed by atoms with Gasteiger partial charge in [-0.15, -0.1) is 0 Å². The standard InChI is InChI=1S/C33H34Cl2N2O5/c1-4-5-16-36-28(38)18-41-23-12-13-25-22(17-23)11-10-21-8-6-7-9-24(21)32(25)37-29(39)19-42-27-15-14-26(30(34)31(27)35)33(40)20(2)3/h6-9,12-15,17,32H,2,4-5,10-11,16,18-19H2,1,3H3,(H,36,38)(H,37,39). The SMILES string of the molecule is C=C(C)C(=O)c1ccc(OCC(=O)NC2c3ccccc3CCc3cc(OCC(=O)NCCCC)ccc32)c(Cl)c1Cl. The molecule has 1 unspecified atom stereocenters. The van der Waals surface area contributed by atoms with Crippen molar-refractivity contribution in [3.05, 3.63) is 105 Å². The van der Waals surface area contributed by atoms with E-state index in [9.17, 15) is 14.4 Å². The zero-order valence-electron chi connectivity index (χ0n) is 23.7. The number of benzene rings is 3. The van der Waals surface area contributed by atoms with Crippen molar-refractivity contribution < 1.29 is 23.9 Å². The van der Waals surface area contributed by atoms with E-state index < -0.39 is 6.04 Å². The number of hydrogen-bond donors (Lipinski definition) is 2. The predicted octanol–water partition coefficient (Wildman–Crippen LogP) is 6.43. The van der Waals surface area contributed by atoms with Gasteiger partial charge in [-0.25, -0.2) is 0 Å². The van der Waals surface area contributed by atoms with Crippen molar-refractivity contribution in [1.29, 1.82) is 0 Å². The molecule has 0 saturated heterocycles. The molecular weight excluding hydrogens is 575 g/mol. The molecule has 9 heteroatoms. The third-order valence-electron chi connectivity index (χ3n) is 7.02. The van der Waals surface area contributed by atoms with Crippen molar-refractivity contribution >= 4 is 40.8 Å². The number of Topliss-reactive ketones (excluding diaryl/α,β-unsaturated/α-hetero) is 1. The van der Waals surface area contributed by atoms with Crippen LogP contribution in [0.4, 0.5) is 0 Å². The average molecular weight is 610 g/mol. The molecular formula is C33H34Cl2N2O5. The van der Waals surface area contributed by atoms with Gasteiger partial charge in [0.15, 0.2) is 19.0 Å². The van der Waals surface area contributed by atoms with Gasteiger partial charge in [-0.05, 0) is 78.3 Å². The lowest BCUT2D eigenvalue weighted by atomic mass is 9.94. The van der Waals surface area contributed by atoms with Gasteiger partial charge in [-0.1, -0.05) is 73.5 Å². The maximum atomic E-state index is 13.2. The Kier molecular flexibility index (Phi) is 10.7. The quantitative estimate of drug-likeness (QED) is 0.140. The molecule has 1 aliphatic rings. The zero-order chi connectivity index (χ0) is 30.2. The first kappa shape index (κ1) is 31.1. The van der Waals surface area contributed by atoms with E-state index in [4.69, 9.17) is 32.7 Å². The maximum Gasteiger partial charge on any atom is 0.258 e. The average Bonchev–Trinajstić information content (AvgIpc) is 3.13. The molecule has 0 heterocycles. The van der Waals surface area contributed by atoms with E-state index in [0.717, 1.165) is 47.9 Å². The molecule has 0 bridgehead atoms. The largest absolute Gasteiger partial charge is 0.484 e. The summed E-state index contributed by atoms with van der Waals surface area (Å²) < 4.78 is 11.5. The number of amides is 2. The van der Waals surface area contributed by atoms with E-state index in [1.165, 1.54) is 12.1 Å². The highest BCUT2D eigenvalue weighted by Gasteiger charge is 2.26. The van der Waals surface area contributed by atoms with Gasteiger partial charge in [0.2, 0.25) is 0 Å². The Bertz CT molecular complexity index is 1500. The van der Waals surface area contributed by atoms with Crippen LogP contribution in [0.5, 0.6) is 11.5 Å². The van der Waals surface area contributed by atoms with Crippen molar-refractivity contribution in [3.8, 4) is 11.5 Å². The number of ether oxygens (including phenoxy) is 2. The van der Waals surface area contributed by atoms with E-state index in [1.54, 1.807) is 6.92 Å². The lowest BCUT2D eigenvalue weighted by Crippen LogP contribution is -2.33. The summed E-state index contributed by atoms with van der Waals surface area (Å²) in [4.78, 5) is 37.6. The molecule has 0 saturated carbocycles. The van der Waals surface area contributed by atoms with E-state index in [0.29, 0.717) is 17.9 Å². The molecule has 2 N–H and O–H groups in total. The number of nitrogens with one attached hydrogen (secondary N) is 2. The topological polar surface area (TPSA) is 93.7 Å². The van der Waals surface area contributed by atoms with Gasteiger partial charge in [0.05, 0.1) is 11.1 Å². The summed E-state index contributed by atoms with van der Waals surface area (Å²) in [7, 11) is 0. The van der Waals surface area contributed by atoms with Crippen LogP contribution in [0, 0.1) is 0 Å².